The van der Waals surface area contributed by atoms with Gasteiger partial charge in [0, 0.05) is 5.56 Å². The topological polar surface area (TPSA) is 67.8 Å². The predicted octanol–water partition coefficient (Wildman–Crippen LogP) is 2.25. The lowest BCUT2D eigenvalue weighted by molar-refractivity contribution is -0.139. The maximum absolute atomic E-state index is 13.4. The molecule has 100 valence electrons. The smallest absolute Gasteiger partial charge is 0.392 e. The fraction of sp³-hybridized carbons (Fsp3) is 0.300. The van der Waals surface area contributed by atoms with Gasteiger partial charge in [0.25, 0.3) is 0 Å². The molecule has 0 heterocycles. The van der Waals surface area contributed by atoms with Crippen molar-refractivity contribution in [1.82, 2.24) is 0 Å². The summed E-state index contributed by atoms with van der Waals surface area (Å²) < 4.78 is 53.5. The summed E-state index contributed by atoms with van der Waals surface area (Å²) in [5.41, 5.74) is 5.31. The summed E-state index contributed by atoms with van der Waals surface area (Å²) in [5.74, 6) is -1.52. The molecule has 1 aromatic carbocycles. The highest BCUT2D eigenvalue weighted by Crippen LogP contribution is 2.22. The van der Waals surface area contributed by atoms with E-state index in [4.69, 9.17) is 10.9 Å². The Hall–Kier alpha value is -1.99. The van der Waals surface area contributed by atoms with Crippen molar-refractivity contribution in [3.8, 4) is 5.75 Å². The molecule has 0 bridgehead atoms. The molecule has 8 heteroatoms. The van der Waals surface area contributed by atoms with Crippen molar-refractivity contribution in [2.45, 2.75) is 12.6 Å². The average molecular weight is 266 g/mol. The van der Waals surface area contributed by atoms with E-state index >= 15 is 0 Å². The summed E-state index contributed by atoms with van der Waals surface area (Å²) in [4.78, 5) is 0. The van der Waals surface area contributed by atoms with Crippen molar-refractivity contribution in [3.05, 3.63) is 29.6 Å². The van der Waals surface area contributed by atoms with Gasteiger partial charge in [0.1, 0.15) is 0 Å². The Kier molecular flexibility index (Phi) is 4.35. The van der Waals surface area contributed by atoms with Crippen molar-refractivity contribution in [2.75, 3.05) is 6.61 Å². The van der Waals surface area contributed by atoms with E-state index in [1.807, 2.05) is 0 Å². The number of ether oxygens (including phenoxy) is 1. The van der Waals surface area contributed by atoms with Gasteiger partial charge in [0.05, 0.1) is 13.0 Å². The quantitative estimate of drug-likeness (QED) is 0.289. The maximum Gasteiger partial charge on any atom is 0.392 e. The maximum atomic E-state index is 13.4. The minimum atomic E-state index is -4.36. The molecule has 4 nitrogen and oxygen atoms in total. The SMILES string of the molecule is N/C(=N/O)c1ccc(OCCC(F)(F)F)c(F)c1. The number of hydrogen-bond donors (Lipinski definition) is 2. The monoisotopic (exact) mass is 266 g/mol. The van der Waals surface area contributed by atoms with E-state index in [-0.39, 0.29) is 17.1 Å². The number of benzene rings is 1. The molecule has 0 fully saturated rings. The standard InChI is InChI=1S/C10H10F4N2O2/c11-7-5-6(9(15)16-17)1-2-8(7)18-4-3-10(12,13)14/h1-2,5,17H,3-4H2,(H2,15,16). The second kappa shape index (κ2) is 5.56. The molecule has 0 spiro atoms. The van der Waals surface area contributed by atoms with Crippen LogP contribution in [0.5, 0.6) is 5.75 Å². The van der Waals surface area contributed by atoms with Crippen molar-refractivity contribution in [1.29, 1.82) is 0 Å². The van der Waals surface area contributed by atoms with Crippen LogP contribution >= 0.6 is 0 Å². The largest absolute Gasteiger partial charge is 0.490 e. The third kappa shape index (κ3) is 4.11. The molecule has 0 radical (unpaired) electrons. The second-order valence-electron chi connectivity index (χ2n) is 3.34. The van der Waals surface area contributed by atoms with Crippen LogP contribution in [0.3, 0.4) is 0 Å². The summed E-state index contributed by atoms with van der Waals surface area (Å²) in [6.07, 6.45) is -5.53. The van der Waals surface area contributed by atoms with Gasteiger partial charge < -0.3 is 15.7 Å². The van der Waals surface area contributed by atoms with Crippen molar-refractivity contribution in [2.24, 2.45) is 10.9 Å². The number of hydrogen-bond acceptors (Lipinski definition) is 3. The number of oxime groups is 1. The van der Waals surface area contributed by atoms with Crippen LogP contribution in [-0.4, -0.2) is 23.8 Å². The highest BCUT2D eigenvalue weighted by Gasteiger charge is 2.27. The van der Waals surface area contributed by atoms with E-state index in [2.05, 4.69) is 9.89 Å². The van der Waals surface area contributed by atoms with Crippen LogP contribution < -0.4 is 10.5 Å². The molecule has 0 aliphatic rings. The van der Waals surface area contributed by atoms with Gasteiger partial charge in [-0.25, -0.2) is 4.39 Å². The molecule has 0 saturated heterocycles. The van der Waals surface area contributed by atoms with E-state index in [1.54, 1.807) is 0 Å². The van der Waals surface area contributed by atoms with Crippen LogP contribution in [0.25, 0.3) is 0 Å². The summed E-state index contributed by atoms with van der Waals surface area (Å²) >= 11 is 0. The molecule has 0 aliphatic heterocycles. The number of halogens is 4. The Bertz CT molecular complexity index is 446. The summed E-state index contributed by atoms with van der Waals surface area (Å²) in [6.45, 7) is -0.677. The highest BCUT2D eigenvalue weighted by atomic mass is 19.4. The predicted molar refractivity (Wildman–Crippen MR) is 55.1 cm³/mol. The summed E-state index contributed by atoms with van der Waals surface area (Å²) in [7, 11) is 0. The molecule has 0 aliphatic carbocycles. The van der Waals surface area contributed by atoms with Gasteiger partial charge in [-0.15, -0.1) is 0 Å². The molecule has 18 heavy (non-hydrogen) atoms. The highest BCUT2D eigenvalue weighted by molar-refractivity contribution is 5.97. The Balaban J connectivity index is 2.69. The summed E-state index contributed by atoms with van der Waals surface area (Å²) in [5, 5.41) is 11.0. The van der Waals surface area contributed by atoms with Crippen LogP contribution in [0.2, 0.25) is 0 Å². The summed E-state index contributed by atoms with van der Waals surface area (Å²) in [6, 6.07) is 3.28. The normalized spacial score (nSPS) is 12.6. The zero-order valence-electron chi connectivity index (χ0n) is 9.04. The van der Waals surface area contributed by atoms with E-state index in [1.165, 1.54) is 6.07 Å². The molecule has 0 amide bonds. The van der Waals surface area contributed by atoms with Crippen LogP contribution in [-0.2, 0) is 0 Å². The molecule has 0 aromatic heterocycles. The average Bonchev–Trinajstić information content (AvgIpc) is 2.28. The molecule has 0 saturated carbocycles. The van der Waals surface area contributed by atoms with Gasteiger partial charge in [-0.1, -0.05) is 5.16 Å². The fourth-order valence-electron chi connectivity index (χ4n) is 1.11. The van der Waals surface area contributed by atoms with Crippen LogP contribution in [0.4, 0.5) is 17.6 Å². The van der Waals surface area contributed by atoms with Crippen LogP contribution in [0.1, 0.15) is 12.0 Å². The molecular formula is C10H10F4N2O2. The third-order valence-corrected chi connectivity index (χ3v) is 1.98. The first-order chi connectivity index (χ1) is 8.33. The first kappa shape index (κ1) is 14.1. The molecule has 0 unspecified atom stereocenters. The lowest BCUT2D eigenvalue weighted by Crippen LogP contribution is -2.15. The first-order valence-electron chi connectivity index (χ1n) is 4.80. The fourth-order valence-corrected chi connectivity index (χ4v) is 1.11. The van der Waals surface area contributed by atoms with Crippen LogP contribution in [0, 0.1) is 5.82 Å². The Morgan fingerprint density at radius 3 is 2.56 bits per heavy atom. The second-order valence-corrected chi connectivity index (χ2v) is 3.34. The molecule has 1 aromatic rings. The van der Waals surface area contributed by atoms with E-state index in [0.717, 1.165) is 12.1 Å². The van der Waals surface area contributed by atoms with Crippen molar-refractivity contribution < 1.29 is 27.5 Å². The van der Waals surface area contributed by atoms with E-state index in [0.29, 0.717) is 0 Å². The Labute approximate surface area is 99.7 Å². The lowest BCUT2D eigenvalue weighted by atomic mass is 10.2. The van der Waals surface area contributed by atoms with Crippen molar-refractivity contribution >= 4 is 5.84 Å². The number of nitrogens with two attached hydrogens (primary N) is 1. The van der Waals surface area contributed by atoms with Crippen molar-refractivity contribution in [3.63, 3.8) is 0 Å². The van der Waals surface area contributed by atoms with Gasteiger partial charge >= 0.3 is 6.18 Å². The first-order valence-corrected chi connectivity index (χ1v) is 4.80. The minimum absolute atomic E-state index is 0.0955. The Morgan fingerprint density at radius 1 is 1.39 bits per heavy atom. The van der Waals surface area contributed by atoms with Gasteiger partial charge in [0.2, 0.25) is 0 Å². The van der Waals surface area contributed by atoms with Gasteiger partial charge in [-0.3, -0.25) is 0 Å². The van der Waals surface area contributed by atoms with Gasteiger partial charge in [-0.05, 0) is 18.2 Å². The number of rotatable bonds is 4. The number of amidine groups is 1. The van der Waals surface area contributed by atoms with Gasteiger partial charge in [-0.2, -0.15) is 13.2 Å². The van der Waals surface area contributed by atoms with Gasteiger partial charge in [0.15, 0.2) is 17.4 Å². The zero-order chi connectivity index (χ0) is 13.8. The molecule has 1 rings (SSSR count). The van der Waals surface area contributed by atoms with E-state index in [9.17, 15) is 17.6 Å². The number of nitrogens with zero attached hydrogens (tertiary/aromatic N) is 1. The number of alkyl halides is 3. The Morgan fingerprint density at radius 2 is 2.06 bits per heavy atom. The van der Waals surface area contributed by atoms with Crippen LogP contribution in [0.15, 0.2) is 23.4 Å². The minimum Gasteiger partial charge on any atom is -0.490 e. The third-order valence-electron chi connectivity index (χ3n) is 1.98. The molecular weight excluding hydrogens is 256 g/mol. The lowest BCUT2D eigenvalue weighted by Gasteiger charge is -2.10. The molecule has 3 N–H and O–H groups in total. The van der Waals surface area contributed by atoms with E-state index < -0.39 is 25.0 Å². The zero-order valence-corrected chi connectivity index (χ0v) is 9.04. The molecule has 0 atom stereocenters.